The zero-order valence-electron chi connectivity index (χ0n) is 13.9. The monoisotopic (exact) mass is 379 g/mol. The number of likely N-dealkylation sites (N-methyl/N-ethyl adjacent to an activating group) is 1. The SMILES string of the molecule is C=C(N(C)C(Cc1c[nH]cn1)C(=O)O)[C]12[CH]3[CH]4[CH]5[CH]1[Fe]45321678[CH]2[CH]1[CH]6[CH]7[CH]28. The van der Waals surface area contributed by atoms with Gasteiger partial charge in [0.1, 0.15) is 0 Å². The molecule has 0 saturated carbocycles. The van der Waals surface area contributed by atoms with Crippen LogP contribution in [0.15, 0.2) is 24.8 Å². The topological polar surface area (TPSA) is 69.2 Å². The molecule has 132 valence electrons. The van der Waals surface area contributed by atoms with Gasteiger partial charge < -0.3 is 0 Å². The van der Waals surface area contributed by atoms with Gasteiger partial charge in [-0.25, -0.2) is 0 Å². The van der Waals surface area contributed by atoms with Gasteiger partial charge in [-0.1, -0.05) is 0 Å². The molecule has 1 spiro atoms. The van der Waals surface area contributed by atoms with Crippen LogP contribution in [0.1, 0.15) is 5.69 Å². The van der Waals surface area contributed by atoms with Crippen molar-refractivity contribution in [3.8, 4) is 0 Å². The van der Waals surface area contributed by atoms with E-state index in [2.05, 4.69) is 21.4 Å². The number of rotatable bonds is 6. The van der Waals surface area contributed by atoms with Crippen LogP contribution >= 0.6 is 0 Å². The van der Waals surface area contributed by atoms with Crippen LogP contribution in [0.25, 0.3) is 0 Å². The summed E-state index contributed by atoms with van der Waals surface area (Å²) in [5.41, 5.74) is 2.11. The maximum atomic E-state index is 12.1. The minimum atomic E-state index is -3.27. The molecule has 11 rings (SSSR count). The molecule has 6 heteroatoms. The van der Waals surface area contributed by atoms with Gasteiger partial charge in [-0.05, 0) is 0 Å². The van der Waals surface area contributed by atoms with Crippen molar-refractivity contribution >= 4 is 5.97 Å². The maximum absolute atomic E-state index is 12.1. The molecule has 0 bridgehead atoms. The Morgan fingerprint density at radius 2 is 1.92 bits per heavy atom. The Labute approximate surface area is 135 Å². The molecule has 10 aliphatic rings. The van der Waals surface area contributed by atoms with Crippen molar-refractivity contribution in [2.75, 3.05) is 7.05 Å². The molecule has 5 atom stereocenters. The second-order valence-electron chi connectivity index (χ2n) is 12.9. The predicted octanol–water partition coefficient (Wildman–Crippen LogP) is 3.61. The molecule has 0 amide bonds. The number of nitrogens with one attached hydrogen (secondary N) is 1. The quantitative estimate of drug-likeness (QED) is 0.741. The van der Waals surface area contributed by atoms with Gasteiger partial charge in [-0.15, -0.1) is 0 Å². The molecule has 0 radical (unpaired) electrons. The molecular formula is C19H21FeN3O2. The summed E-state index contributed by atoms with van der Waals surface area (Å²) < 4.78 is 0.535. The van der Waals surface area contributed by atoms with Gasteiger partial charge in [-0.3, -0.25) is 0 Å². The number of aromatic amines is 1. The van der Waals surface area contributed by atoms with E-state index < -0.39 is 18.5 Å². The van der Waals surface area contributed by atoms with E-state index in [-0.39, 0.29) is 0 Å². The van der Waals surface area contributed by atoms with E-state index in [9.17, 15) is 9.90 Å². The third kappa shape index (κ3) is 0.169. The van der Waals surface area contributed by atoms with Crippen LogP contribution in [-0.2, 0) is 17.7 Å². The number of carboxylic acid groups (broad SMARTS) is 1. The summed E-state index contributed by atoms with van der Waals surface area (Å²) >= 11 is 0. The Bertz CT molecular complexity index is 1300. The summed E-state index contributed by atoms with van der Waals surface area (Å²) in [7, 11) is 2.01. The molecule has 1 aromatic rings. The summed E-state index contributed by atoms with van der Waals surface area (Å²) in [4.78, 5) is 32.3. The molecular weight excluding hydrogens is 358 g/mol. The Morgan fingerprint density at radius 1 is 1.32 bits per heavy atom. The Balaban J connectivity index is 1.11. The summed E-state index contributed by atoms with van der Waals surface area (Å²) in [5, 5.41) is 9.91. The Hall–Kier alpha value is -1.26. The molecule has 10 fully saturated rings. The van der Waals surface area contributed by atoms with Crippen molar-refractivity contribution in [1.82, 2.24) is 14.9 Å². The fourth-order valence-corrected chi connectivity index (χ4v) is 92.7. The van der Waals surface area contributed by atoms with Gasteiger partial charge >= 0.3 is 135 Å². The third-order valence-electron chi connectivity index (χ3n) is 17.3. The van der Waals surface area contributed by atoms with E-state index >= 15 is 0 Å². The van der Waals surface area contributed by atoms with E-state index in [1.54, 1.807) is 6.33 Å². The number of carboxylic acids is 1. The first-order chi connectivity index (χ1) is 11.8. The fourth-order valence-electron chi connectivity index (χ4n) is 18.4. The number of aliphatic carboxylic acids is 1. The molecule has 2 N–H and O–H groups in total. The zero-order valence-corrected chi connectivity index (χ0v) is 15.1. The van der Waals surface area contributed by atoms with E-state index in [1.807, 2.05) is 13.2 Å². The first-order valence-corrected chi connectivity index (χ1v) is 15.9. The summed E-state index contributed by atoms with van der Waals surface area (Å²) in [6.07, 6.45) is 3.91. The third-order valence-corrected chi connectivity index (χ3v) is 59.6. The van der Waals surface area contributed by atoms with E-state index in [1.165, 1.54) is 39.4 Å². The standard InChI is InChI=1S/C14H16N3O2.C5H5.Fe/c1-10(11-5-3-4-6-11)17(2)13(14(18)19)7-12-8-15-9-16-12;1-2-4-5-3-1;/h3-6,8-9,13H,1,7H2,2H3,(H,15,16)(H,18,19);1-5H;. The van der Waals surface area contributed by atoms with Gasteiger partial charge in [0.2, 0.25) is 0 Å². The zero-order chi connectivity index (χ0) is 16.4. The fraction of sp³-hybridized carbons (Fsp3) is 0.684. The van der Waals surface area contributed by atoms with Crippen molar-refractivity contribution in [2.24, 2.45) is 0 Å². The second kappa shape index (κ2) is 1.15. The average molecular weight is 379 g/mol. The number of allylic oxidation sites excluding steroid dienone is 1. The number of fused-ring (bicyclic) bond motifs is 10. The van der Waals surface area contributed by atoms with Crippen LogP contribution in [0, 0.1) is 0 Å². The molecule has 5 nitrogen and oxygen atoms in total. The number of aromatic nitrogens is 2. The van der Waals surface area contributed by atoms with Crippen molar-refractivity contribution in [3.05, 3.63) is 30.5 Å². The van der Waals surface area contributed by atoms with Gasteiger partial charge in [0.25, 0.3) is 0 Å². The second-order valence-corrected chi connectivity index (χ2v) is 36.4. The molecule has 0 aromatic carbocycles. The van der Waals surface area contributed by atoms with Gasteiger partial charge in [0.05, 0.1) is 0 Å². The minimum absolute atomic E-state index is 0.460. The van der Waals surface area contributed by atoms with Crippen LogP contribution in [0.5, 0.6) is 0 Å². The number of H-pyrrole nitrogens is 1. The van der Waals surface area contributed by atoms with Gasteiger partial charge in [-0.2, -0.15) is 0 Å². The van der Waals surface area contributed by atoms with Crippen LogP contribution in [0.4, 0.5) is 0 Å². The van der Waals surface area contributed by atoms with Crippen molar-refractivity contribution in [2.45, 2.75) is 60.1 Å². The molecule has 11 heterocycles. The molecule has 1 aromatic heterocycles. The summed E-state index contributed by atoms with van der Waals surface area (Å²) in [6, 6.07) is -0.531. The van der Waals surface area contributed by atoms with Crippen LogP contribution in [-0.4, -0.2) is 39.0 Å². The van der Waals surface area contributed by atoms with Crippen molar-refractivity contribution in [3.63, 3.8) is 0 Å². The predicted molar refractivity (Wildman–Crippen MR) is 87.1 cm³/mol. The molecule has 10 saturated heterocycles. The first-order valence-electron chi connectivity index (χ1n) is 9.62. The summed E-state index contributed by atoms with van der Waals surface area (Å²) in [6.45, 7) is 1.38. The van der Waals surface area contributed by atoms with Crippen LogP contribution in [0.2, 0.25) is 47.7 Å². The number of nitrogens with zero attached hydrogens (tertiary/aromatic N) is 2. The van der Waals surface area contributed by atoms with Crippen molar-refractivity contribution in [1.29, 1.82) is 0 Å². The summed E-state index contributed by atoms with van der Waals surface area (Å²) in [5.74, 6) is -0.738. The number of hydrogen-bond acceptors (Lipinski definition) is 3. The first kappa shape index (κ1) is 10.8. The molecule has 10 aliphatic heterocycles. The Kier molecular flexibility index (Phi) is 0.495. The number of carbonyl (C=O) groups is 1. The Morgan fingerprint density at radius 3 is 2.28 bits per heavy atom. The molecule has 0 aliphatic carbocycles. The average Bonchev–Trinajstić information content (AvgIpc) is 3.49. The van der Waals surface area contributed by atoms with Crippen LogP contribution in [0.3, 0.4) is 0 Å². The van der Waals surface area contributed by atoms with Gasteiger partial charge in [0.15, 0.2) is 0 Å². The van der Waals surface area contributed by atoms with E-state index in [0.29, 0.717) is 10.7 Å². The number of imidazole rings is 1. The van der Waals surface area contributed by atoms with E-state index in [0.717, 1.165) is 15.3 Å². The molecule has 25 heavy (non-hydrogen) atoms. The normalized spacial score (nSPS) is 85.7. The molecule has 5 unspecified atom stereocenters. The van der Waals surface area contributed by atoms with E-state index in [4.69, 9.17) is 0 Å². The van der Waals surface area contributed by atoms with Gasteiger partial charge in [0, 0.05) is 0 Å². The van der Waals surface area contributed by atoms with Crippen molar-refractivity contribution < 1.29 is 16.4 Å². The van der Waals surface area contributed by atoms with Crippen LogP contribution < -0.4 is 0 Å². The number of hydrogen-bond donors (Lipinski definition) is 2.